The zero-order valence-electron chi connectivity index (χ0n) is 15.1. The zero-order valence-corrected chi connectivity index (χ0v) is 16.6. The molecule has 0 amide bonds. The molecule has 0 N–H and O–H groups in total. The van der Waals surface area contributed by atoms with Crippen LogP contribution in [0, 0.1) is 19.7 Å². The van der Waals surface area contributed by atoms with Gasteiger partial charge in [0.2, 0.25) is 0 Å². The quantitative estimate of drug-likeness (QED) is 0.344. The molecule has 5 nitrogen and oxygen atoms in total. The van der Waals surface area contributed by atoms with Gasteiger partial charge in [0.1, 0.15) is 11.6 Å². The molecule has 0 atom stereocenters. The van der Waals surface area contributed by atoms with E-state index in [4.69, 9.17) is 16.1 Å². The third-order valence-electron chi connectivity index (χ3n) is 4.43. The fourth-order valence-electron chi connectivity index (χ4n) is 2.91. The largest absolute Gasteiger partial charge is 0.361 e. The summed E-state index contributed by atoms with van der Waals surface area (Å²) in [5.41, 5.74) is 2.56. The molecule has 0 unspecified atom stereocenters. The second-order valence-electron chi connectivity index (χ2n) is 6.24. The molecule has 2 heterocycles. The standard InChI is InChI=1S/C20H15ClFN3O2S/c1-11-15(12(2)27-24-11)10-28-20-23-18-6-4-3-5-14(18)19(26)25(20)13-7-8-17(22)16(21)9-13/h3-9H,10H2,1-2H3. The number of aromatic nitrogens is 3. The Bertz CT molecular complexity index is 1230. The first-order valence-electron chi connectivity index (χ1n) is 8.47. The highest BCUT2D eigenvalue weighted by atomic mass is 35.5. The summed E-state index contributed by atoms with van der Waals surface area (Å²) in [5.74, 6) is 0.711. The number of fused-ring (bicyclic) bond motifs is 1. The molecule has 4 rings (SSSR count). The molecule has 0 aliphatic rings. The Balaban J connectivity index is 1.88. The van der Waals surface area contributed by atoms with E-state index in [1.807, 2.05) is 19.9 Å². The summed E-state index contributed by atoms with van der Waals surface area (Å²) in [6, 6.07) is 11.3. The molecule has 0 bridgehead atoms. The molecule has 0 radical (unpaired) electrons. The minimum atomic E-state index is -0.544. The Morgan fingerprint density at radius 1 is 1.21 bits per heavy atom. The fraction of sp³-hybridized carbons (Fsp3) is 0.150. The van der Waals surface area contributed by atoms with Gasteiger partial charge in [-0.05, 0) is 44.2 Å². The molecular formula is C20H15ClFN3O2S. The highest BCUT2D eigenvalue weighted by molar-refractivity contribution is 7.98. The number of nitrogens with zero attached hydrogens (tertiary/aromatic N) is 3. The minimum absolute atomic E-state index is 0.0563. The van der Waals surface area contributed by atoms with Crippen molar-refractivity contribution in [2.24, 2.45) is 0 Å². The maximum Gasteiger partial charge on any atom is 0.266 e. The molecule has 4 aromatic rings. The fourth-order valence-corrected chi connectivity index (χ4v) is 4.25. The maximum atomic E-state index is 13.6. The van der Waals surface area contributed by atoms with Gasteiger partial charge in [-0.2, -0.15) is 0 Å². The second kappa shape index (κ2) is 7.41. The van der Waals surface area contributed by atoms with E-state index in [2.05, 4.69) is 10.1 Å². The van der Waals surface area contributed by atoms with Gasteiger partial charge in [-0.25, -0.2) is 9.37 Å². The van der Waals surface area contributed by atoms with Crippen molar-refractivity contribution in [2.45, 2.75) is 24.8 Å². The average molecular weight is 416 g/mol. The van der Waals surface area contributed by atoms with Gasteiger partial charge in [0, 0.05) is 11.3 Å². The molecule has 0 spiro atoms. The number of para-hydroxylation sites is 1. The van der Waals surface area contributed by atoms with Crippen LogP contribution in [0.2, 0.25) is 5.02 Å². The SMILES string of the molecule is Cc1noc(C)c1CSc1nc2ccccc2c(=O)n1-c1ccc(F)c(Cl)c1. The van der Waals surface area contributed by atoms with Crippen molar-refractivity contribution in [3.63, 3.8) is 0 Å². The lowest BCUT2D eigenvalue weighted by molar-refractivity contribution is 0.392. The second-order valence-corrected chi connectivity index (χ2v) is 7.59. The third-order valence-corrected chi connectivity index (χ3v) is 5.69. The van der Waals surface area contributed by atoms with Gasteiger partial charge in [0.05, 0.1) is 27.3 Å². The van der Waals surface area contributed by atoms with Crippen molar-refractivity contribution >= 4 is 34.3 Å². The first kappa shape index (κ1) is 18.7. The number of thioether (sulfide) groups is 1. The summed E-state index contributed by atoms with van der Waals surface area (Å²) in [6.07, 6.45) is 0. The smallest absolute Gasteiger partial charge is 0.266 e. The van der Waals surface area contributed by atoms with Crippen molar-refractivity contribution in [2.75, 3.05) is 0 Å². The number of benzene rings is 2. The van der Waals surface area contributed by atoms with Gasteiger partial charge in [0.25, 0.3) is 5.56 Å². The monoisotopic (exact) mass is 415 g/mol. The predicted molar refractivity (Wildman–Crippen MR) is 108 cm³/mol. The van der Waals surface area contributed by atoms with Gasteiger partial charge in [-0.15, -0.1) is 0 Å². The molecule has 0 aliphatic heterocycles. The molecule has 142 valence electrons. The van der Waals surface area contributed by atoms with Gasteiger partial charge in [-0.1, -0.05) is 40.7 Å². The first-order valence-corrected chi connectivity index (χ1v) is 9.84. The van der Waals surface area contributed by atoms with Gasteiger partial charge >= 0.3 is 0 Å². The summed E-state index contributed by atoms with van der Waals surface area (Å²) in [6.45, 7) is 3.71. The lowest BCUT2D eigenvalue weighted by Gasteiger charge is -2.13. The van der Waals surface area contributed by atoms with Crippen molar-refractivity contribution in [3.05, 3.63) is 80.7 Å². The van der Waals surface area contributed by atoms with Crippen molar-refractivity contribution in [1.82, 2.24) is 14.7 Å². The van der Waals surface area contributed by atoms with Crippen molar-refractivity contribution in [3.8, 4) is 5.69 Å². The summed E-state index contributed by atoms with van der Waals surface area (Å²) < 4.78 is 20.3. The average Bonchev–Trinajstić information content (AvgIpc) is 3.00. The van der Waals surface area contributed by atoms with Crippen LogP contribution in [0.4, 0.5) is 4.39 Å². The highest BCUT2D eigenvalue weighted by Gasteiger charge is 2.16. The summed E-state index contributed by atoms with van der Waals surface area (Å²) >= 11 is 7.33. The van der Waals surface area contributed by atoms with Crippen LogP contribution in [-0.4, -0.2) is 14.7 Å². The van der Waals surface area contributed by atoms with Gasteiger partial charge < -0.3 is 4.52 Å². The topological polar surface area (TPSA) is 60.9 Å². The highest BCUT2D eigenvalue weighted by Crippen LogP contribution is 2.28. The number of aryl methyl sites for hydroxylation is 2. The van der Waals surface area contributed by atoms with Crippen molar-refractivity contribution < 1.29 is 8.91 Å². The molecule has 0 fully saturated rings. The van der Waals surface area contributed by atoms with E-state index < -0.39 is 5.82 Å². The third kappa shape index (κ3) is 3.31. The van der Waals surface area contributed by atoms with Crippen LogP contribution < -0.4 is 5.56 Å². The molecule has 8 heteroatoms. The molecule has 0 saturated heterocycles. The molecular weight excluding hydrogens is 401 g/mol. The molecule has 2 aromatic carbocycles. The number of hydrogen-bond donors (Lipinski definition) is 0. The molecule has 28 heavy (non-hydrogen) atoms. The number of hydrogen-bond acceptors (Lipinski definition) is 5. The normalized spacial score (nSPS) is 11.3. The Morgan fingerprint density at radius 3 is 2.71 bits per heavy atom. The Labute approximate surface area is 169 Å². The van der Waals surface area contributed by atoms with Crippen LogP contribution in [-0.2, 0) is 5.75 Å². The summed E-state index contributed by atoms with van der Waals surface area (Å²) in [4.78, 5) is 17.8. The van der Waals surface area contributed by atoms with E-state index in [-0.39, 0.29) is 10.6 Å². The van der Waals surface area contributed by atoms with E-state index >= 15 is 0 Å². The Kier molecular flexibility index (Phi) is 4.95. The van der Waals surface area contributed by atoms with Crippen LogP contribution in [0.15, 0.2) is 56.9 Å². The predicted octanol–water partition coefficient (Wildman–Crippen LogP) is 5.08. The van der Waals surface area contributed by atoms with E-state index in [9.17, 15) is 9.18 Å². The van der Waals surface area contributed by atoms with Gasteiger partial charge in [0.15, 0.2) is 5.16 Å². The Hall–Kier alpha value is -2.64. The molecule has 2 aromatic heterocycles. The van der Waals surface area contributed by atoms with E-state index in [0.29, 0.717) is 27.5 Å². The van der Waals surface area contributed by atoms with Crippen LogP contribution in [0.1, 0.15) is 17.0 Å². The lowest BCUT2D eigenvalue weighted by atomic mass is 10.2. The molecule has 0 aliphatic carbocycles. The lowest BCUT2D eigenvalue weighted by Crippen LogP contribution is -2.21. The minimum Gasteiger partial charge on any atom is -0.361 e. The summed E-state index contributed by atoms with van der Waals surface area (Å²) in [7, 11) is 0. The van der Waals surface area contributed by atoms with Crippen molar-refractivity contribution in [1.29, 1.82) is 0 Å². The van der Waals surface area contributed by atoms with Gasteiger partial charge in [-0.3, -0.25) is 9.36 Å². The summed E-state index contributed by atoms with van der Waals surface area (Å²) in [5, 5.41) is 4.86. The van der Waals surface area contributed by atoms with Crippen LogP contribution in [0.25, 0.3) is 16.6 Å². The van der Waals surface area contributed by atoms with E-state index in [0.717, 1.165) is 17.0 Å². The van der Waals surface area contributed by atoms with Crippen LogP contribution in [0.3, 0.4) is 0 Å². The van der Waals surface area contributed by atoms with Crippen LogP contribution >= 0.6 is 23.4 Å². The van der Waals surface area contributed by atoms with E-state index in [1.165, 1.54) is 34.5 Å². The first-order chi connectivity index (χ1) is 13.5. The molecule has 0 saturated carbocycles. The van der Waals surface area contributed by atoms with Crippen LogP contribution in [0.5, 0.6) is 0 Å². The van der Waals surface area contributed by atoms with E-state index in [1.54, 1.807) is 18.2 Å². The zero-order chi connectivity index (χ0) is 19.8. The number of rotatable bonds is 4. The maximum absolute atomic E-state index is 13.6. The Morgan fingerprint density at radius 2 is 2.00 bits per heavy atom. The number of halogens is 2.